The Morgan fingerprint density at radius 3 is 2.83 bits per heavy atom. The lowest BCUT2D eigenvalue weighted by atomic mass is 10.1. The van der Waals surface area contributed by atoms with Crippen LogP contribution in [-0.4, -0.2) is 36.3 Å². The molecule has 1 amide bonds. The van der Waals surface area contributed by atoms with E-state index in [1.807, 2.05) is 37.3 Å². The first-order chi connectivity index (χ1) is 14.1. The van der Waals surface area contributed by atoms with E-state index in [1.54, 1.807) is 24.1 Å². The van der Waals surface area contributed by atoms with E-state index in [0.29, 0.717) is 53.5 Å². The minimum Gasteiger partial charge on any atom is -0.495 e. The minimum atomic E-state index is -0.167. The van der Waals surface area contributed by atoms with E-state index >= 15 is 0 Å². The first-order valence-corrected chi connectivity index (χ1v) is 9.68. The quantitative estimate of drug-likeness (QED) is 0.599. The van der Waals surface area contributed by atoms with Crippen LogP contribution in [0.15, 0.2) is 47.0 Å². The molecule has 0 bridgehead atoms. The van der Waals surface area contributed by atoms with Crippen LogP contribution in [0.3, 0.4) is 0 Å². The topological polar surface area (TPSA) is 77.7 Å². The Labute approximate surface area is 173 Å². The van der Waals surface area contributed by atoms with Crippen molar-refractivity contribution in [1.82, 2.24) is 10.1 Å². The highest BCUT2D eigenvalue weighted by Gasteiger charge is 2.35. The zero-order chi connectivity index (χ0) is 20.4. The Balaban J connectivity index is 1.55. The van der Waals surface area contributed by atoms with Crippen LogP contribution in [-0.2, 0) is 4.79 Å². The zero-order valence-corrected chi connectivity index (χ0v) is 16.8. The van der Waals surface area contributed by atoms with Gasteiger partial charge in [0.1, 0.15) is 11.5 Å². The number of halogens is 1. The molecule has 0 aliphatic carbocycles. The number of para-hydroxylation sites is 1. The second-order valence-electron chi connectivity index (χ2n) is 6.61. The molecule has 2 heterocycles. The monoisotopic (exact) mass is 413 g/mol. The third kappa shape index (κ3) is 3.78. The van der Waals surface area contributed by atoms with Crippen LogP contribution >= 0.6 is 11.6 Å². The molecule has 7 nitrogen and oxygen atoms in total. The normalized spacial score (nSPS) is 16.3. The maximum atomic E-state index is 12.6. The number of carbonyl (C=O) groups excluding carboxylic acids is 1. The largest absolute Gasteiger partial charge is 0.495 e. The number of aromatic nitrogens is 2. The van der Waals surface area contributed by atoms with E-state index < -0.39 is 0 Å². The second kappa shape index (κ2) is 8.13. The third-order valence-electron chi connectivity index (χ3n) is 4.80. The molecule has 1 fully saturated rings. The van der Waals surface area contributed by atoms with Gasteiger partial charge in [-0.05, 0) is 37.3 Å². The first kappa shape index (κ1) is 19.3. The van der Waals surface area contributed by atoms with Gasteiger partial charge in [-0.15, -0.1) is 0 Å². The number of hydrogen-bond acceptors (Lipinski definition) is 6. The number of carbonyl (C=O) groups is 1. The molecule has 1 aromatic heterocycles. The van der Waals surface area contributed by atoms with Crippen LogP contribution in [0.4, 0.5) is 5.69 Å². The van der Waals surface area contributed by atoms with Crippen LogP contribution in [0.2, 0.25) is 5.02 Å². The SMILES string of the molecule is CCOc1ccccc1-c1nc(C2CC(=O)N(c3ccc(OC)c(Cl)c3)C2)no1. The van der Waals surface area contributed by atoms with Crippen molar-refractivity contribution in [2.24, 2.45) is 0 Å². The van der Waals surface area contributed by atoms with Crippen molar-refractivity contribution in [1.29, 1.82) is 0 Å². The van der Waals surface area contributed by atoms with Crippen LogP contribution in [0.5, 0.6) is 11.5 Å². The van der Waals surface area contributed by atoms with E-state index in [9.17, 15) is 4.79 Å². The van der Waals surface area contributed by atoms with Gasteiger partial charge in [0.2, 0.25) is 5.91 Å². The van der Waals surface area contributed by atoms with Gasteiger partial charge in [-0.1, -0.05) is 28.9 Å². The molecule has 29 heavy (non-hydrogen) atoms. The highest BCUT2D eigenvalue weighted by atomic mass is 35.5. The van der Waals surface area contributed by atoms with E-state index in [2.05, 4.69) is 10.1 Å². The molecule has 0 N–H and O–H groups in total. The van der Waals surface area contributed by atoms with E-state index in [-0.39, 0.29) is 11.8 Å². The number of ether oxygens (including phenoxy) is 2. The van der Waals surface area contributed by atoms with Gasteiger partial charge in [0.15, 0.2) is 5.82 Å². The number of methoxy groups -OCH3 is 1. The fourth-order valence-electron chi connectivity index (χ4n) is 3.39. The molecule has 0 radical (unpaired) electrons. The minimum absolute atomic E-state index is 0.0164. The summed E-state index contributed by atoms with van der Waals surface area (Å²) in [7, 11) is 1.55. The predicted molar refractivity (Wildman–Crippen MR) is 109 cm³/mol. The smallest absolute Gasteiger partial charge is 0.261 e. The number of anilines is 1. The molecule has 8 heteroatoms. The number of hydrogen-bond donors (Lipinski definition) is 0. The Bertz CT molecular complexity index is 1040. The number of nitrogens with zero attached hydrogens (tertiary/aromatic N) is 3. The summed E-state index contributed by atoms with van der Waals surface area (Å²) >= 11 is 6.21. The lowest BCUT2D eigenvalue weighted by molar-refractivity contribution is -0.117. The summed E-state index contributed by atoms with van der Waals surface area (Å²) in [6, 6.07) is 12.8. The highest BCUT2D eigenvalue weighted by molar-refractivity contribution is 6.32. The van der Waals surface area contributed by atoms with Gasteiger partial charge in [-0.3, -0.25) is 4.79 Å². The zero-order valence-electron chi connectivity index (χ0n) is 16.1. The average molecular weight is 414 g/mol. The van der Waals surface area contributed by atoms with Gasteiger partial charge in [-0.25, -0.2) is 0 Å². The summed E-state index contributed by atoms with van der Waals surface area (Å²) in [6.07, 6.45) is 0.301. The molecule has 150 valence electrons. The van der Waals surface area contributed by atoms with Crippen LogP contribution in [0.1, 0.15) is 25.1 Å². The van der Waals surface area contributed by atoms with Gasteiger partial charge in [-0.2, -0.15) is 4.98 Å². The summed E-state index contributed by atoms with van der Waals surface area (Å²) in [5.74, 6) is 1.94. The summed E-state index contributed by atoms with van der Waals surface area (Å²) in [6.45, 7) is 2.91. The van der Waals surface area contributed by atoms with Crippen molar-refractivity contribution in [3.05, 3.63) is 53.3 Å². The van der Waals surface area contributed by atoms with E-state index in [0.717, 1.165) is 5.56 Å². The molecule has 1 unspecified atom stereocenters. The Morgan fingerprint density at radius 1 is 1.24 bits per heavy atom. The van der Waals surface area contributed by atoms with Crippen LogP contribution < -0.4 is 14.4 Å². The molecular formula is C21H20ClN3O4. The van der Waals surface area contributed by atoms with E-state index in [1.165, 1.54) is 0 Å². The molecule has 1 aliphatic rings. The predicted octanol–water partition coefficient (Wildman–Crippen LogP) is 4.32. The summed E-state index contributed by atoms with van der Waals surface area (Å²) < 4.78 is 16.3. The van der Waals surface area contributed by atoms with Crippen molar-refractivity contribution in [2.45, 2.75) is 19.3 Å². The molecule has 1 atom stereocenters. The molecule has 1 aliphatic heterocycles. The van der Waals surface area contributed by atoms with Crippen LogP contribution in [0, 0.1) is 0 Å². The van der Waals surface area contributed by atoms with Gasteiger partial charge in [0, 0.05) is 24.6 Å². The molecule has 0 spiro atoms. The summed E-state index contributed by atoms with van der Waals surface area (Å²) in [5, 5.41) is 4.57. The van der Waals surface area contributed by atoms with Crippen molar-refractivity contribution in [3.8, 4) is 23.0 Å². The second-order valence-corrected chi connectivity index (χ2v) is 7.02. The first-order valence-electron chi connectivity index (χ1n) is 9.30. The van der Waals surface area contributed by atoms with Gasteiger partial charge in [0.25, 0.3) is 5.89 Å². The fraction of sp³-hybridized carbons (Fsp3) is 0.286. The molecule has 3 aromatic rings. The van der Waals surface area contributed by atoms with Crippen molar-refractivity contribution in [3.63, 3.8) is 0 Å². The Kier molecular flexibility index (Phi) is 5.40. The Hall–Kier alpha value is -3.06. The van der Waals surface area contributed by atoms with Crippen molar-refractivity contribution < 1.29 is 18.8 Å². The highest BCUT2D eigenvalue weighted by Crippen LogP contribution is 2.36. The Morgan fingerprint density at radius 2 is 2.07 bits per heavy atom. The average Bonchev–Trinajstić information content (AvgIpc) is 3.35. The summed E-state index contributed by atoms with van der Waals surface area (Å²) in [5.41, 5.74) is 1.45. The van der Waals surface area contributed by atoms with Crippen molar-refractivity contribution in [2.75, 3.05) is 25.2 Å². The molecular weight excluding hydrogens is 394 g/mol. The maximum absolute atomic E-state index is 12.6. The summed E-state index contributed by atoms with van der Waals surface area (Å²) in [4.78, 5) is 18.8. The van der Waals surface area contributed by atoms with Crippen molar-refractivity contribution >= 4 is 23.2 Å². The standard InChI is InChI=1S/C21H20ClN3O4/c1-3-28-17-7-5-4-6-15(17)21-23-20(24-29-21)13-10-19(26)25(12-13)14-8-9-18(27-2)16(22)11-14/h4-9,11,13H,3,10,12H2,1-2H3. The number of amides is 1. The van der Waals surface area contributed by atoms with E-state index in [4.69, 9.17) is 25.6 Å². The van der Waals surface area contributed by atoms with Gasteiger partial charge >= 0.3 is 0 Å². The molecule has 4 rings (SSSR count). The van der Waals surface area contributed by atoms with Gasteiger partial charge < -0.3 is 18.9 Å². The molecule has 2 aromatic carbocycles. The lowest BCUT2D eigenvalue weighted by Crippen LogP contribution is -2.24. The number of rotatable bonds is 6. The molecule has 1 saturated heterocycles. The fourth-order valence-corrected chi connectivity index (χ4v) is 3.64. The van der Waals surface area contributed by atoms with Gasteiger partial charge in [0.05, 0.1) is 24.3 Å². The third-order valence-corrected chi connectivity index (χ3v) is 5.09. The maximum Gasteiger partial charge on any atom is 0.261 e. The lowest BCUT2D eigenvalue weighted by Gasteiger charge is -2.17. The number of benzene rings is 2. The van der Waals surface area contributed by atoms with Crippen LogP contribution in [0.25, 0.3) is 11.5 Å². The molecule has 0 saturated carbocycles.